The zero-order valence-corrected chi connectivity index (χ0v) is 14.1. The average molecular weight is 388 g/mol. The second-order valence-electron chi connectivity index (χ2n) is 5.72. The Hall–Kier alpha value is -3.68. The number of carbonyl (C=O) groups excluding carboxylic acids is 2. The number of benzene rings is 3. The summed E-state index contributed by atoms with van der Waals surface area (Å²) in [7, 11) is 0. The van der Waals surface area contributed by atoms with Crippen molar-refractivity contribution in [1.82, 2.24) is 0 Å². The normalized spacial score (nSPS) is 10.4. The highest BCUT2D eigenvalue weighted by Gasteiger charge is 2.16. The number of nitrogens with one attached hydrogen (secondary N) is 2. The van der Waals surface area contributed by atoms with Crippen LogP contribution < -0.4 is 10.6 Å². The summed E-state index contributed by atoms with van der Waals surface area (Å²) in [6.07, 6.45) is 0. The summed E-state index contributed by atoms with van der Waals surface area (Å²) < 4.78 is 52.9. The van der Waals surface area contributed by atoms with Crippen LogP contribution in [0.3, 0.4) is 0 Å². The van der Waals surface area contributed by atoms with Crippen LogP contribution in [0.4, 0.5) is 28.9 Å². The van der Waals surface area contributed by atoms with Gasteiger partial charge in [0.1, 0.15) is 5.82 Å². The van der Waals surface area contributed by atoms with Gasteiger partial charge in [0.25, 0.3) is 11.8 Å². The van der Waals surface area contributed by atoms with Gasteiger partial charge in [0, 0.05) is 16.8 Å². The molecular formula is C20H12F4N2O2. The molecule has 0 bridgehead atoms. The van der Waals surface area contributed by atoms with E-state index in [4.69, 9.17) is 0 Å². The van der Waals surface area contributed by atoms with Crippen LogP contribution in [0.25, 0.3) is 0 Å². The first kappa shape index (κ1) is 19.1. The van der Waals surface area contributed by atoms with E-state index in [1.807, 2.05) is 0 Å². The van der Waals surface area contributed by atoms with E-state index >= 15 is 0 Å². The molecule has 0 radical (unpaired) electrons. The molecule has 0 fully saturated rings. The molecular weight excluding hydrogens is 376 g/mol. The summed E-state index contributed by atoms with van der Waals surface area (Å²) in [4.78, 5) is 24.3. The van der Waals surface area contributed by atoms with E-state index in [-0.39, 0.29) is 16.8 Å². The van der Waals surface area contributed by atoms with Crippen molar-refractivity contribution in [3.63, 3.8) is 0 Å². The highest BCUT2D eigenvalue weighted by Crippen LogP contribution is 2.20. The van der Waals surface area contributed by atoms with Crippen molar-refractivity contribution in [2.45, 2.75) is 0 Å². The van der Waals surface area contributed by atoms with E-state index in [1.54, 1.807) is 0 Å². The predicted octanol–water partition coefficient (Wildman–Crippen LogP) is 4.75. The Morgan fingerprint density at radius 1 is 0.679 bits per heavy atom. The van der Waals surface area contributed by atoms with Crippen LogP contribution in [0, 0.1) is 23.3 Å². The summed E-state index contributed by atoms with van der Waals surface area (Å²) >= 11 is 0. The first-order valence-electron chi connectivity index (χ1n) is 7.97. The lowest BCUT2D eigenvalue weighted by molar-refractivity contribution is 0.101. The SMILES string of the molecule is O=C(Nc1cccc(F)c1)c1ccc(C(=O)Nc2ccc(F)c(F)c2F)cc1. The lowest BCUT2D eigenvalue weighted by Gasteiger charge is -2.08. The maximum atomic E-state index is 13.6. The number of amides is 2. The minimum absolute atomic E-state index is 0.0615. The quantitative estimate of drug-likeness (QED) is 0.501. The van der Waals surface area contributed by atoms with Crippen LogP contribution in [0.1, 0.15) is 20.7 Å². The third-order valence-electron chi connectivity index (χ3n) is 3.78. The second kappa shape index (κ2) is 7.91. The van der Waals surface area contributed by atoms with E-state index in [1.165, 1.54) is 42.5 Å². The van der Waals surface area contributed by atoms with E-state index in [0.29, 0.717) is 6.07 Å². The van der Waals surface area contributed by atoms with Gasteiger partial charge in [0.05, 0.1) is 5.69 Å². The molecule has 0 saturated carbocycles. The van der Waals surface area contributed by atoms with Gasteiger partial charge in [-0.1, -0.05) is 6.07 Å². The van der Waals surface area contributed by atoms with Crippen molar-refractivity contribution in [1.29, 1.82) is 0 Å². The summed E-state index contributed by atoms with van der Waals surface area (Å²) in [5, 5.41) is 4.63. The summed E-state index contributed by atoms with van der Waals surface area (Å²) in [6.45, 7) is 0. The number of hydrogen-bond donors (Lipinski definition) is 2. The Kier molecular flexibility index (Phi) is 5.39. The smallest absolute Gasteiger partial charge is 0.255 e. The van der Waals surface area contributed by atoms with Crippen LogP contribution >= 0.6 is 0 Å². The summed E-state index contributed by atoms with van der Waals surface area (Å²) in [6, 6.07) is 12.2. The Morgan fingerprint density at radius 3 is 1.89 bits per heavy atom. The molecule has 0 heterocycles. The maximum Gasteiger partial charge on any atom is 0.255 e. The van der Waals surface area contributed by atoms with Gasteiger partial charge in [-0.2, -0.15) is 0 Å². The fourth-order valence-electron chi connectivity index (χ4n) is 2.36. The zero-order chi connectivity index (χ0) is 20.3. The molecule has 0 atom stereocenters. The van der Waals surface area contributed by atoms with Gasteiger partial charge < -0.3 is 10.6 Å². The molecule has 142 valence electrons. The van der Waals surface area contributed by atoms with Gasteiger partial charge in [-0.15, -0.1) is 0 Å². The monoisotopic (exact) mass is 388 g/mol. The average Bonchev–Trinajstić information content (AvgIpc) is 2.68. The minimum atomic E-state index is -1.69. The van der Waals surface area contributed by atoms with E-state index in [0.717, 1.165) is 12.1 Å². The summed E-state index contributed by atoms with van der Waals surface area (Å²) in [5.74, 6) is -6.38. The van der Waals surface area contributed by atoms with Crippen LogP contribution in [-0.2, 0) is 0 Å². The molecule has 2 N–H and O–H groups in total. The van der Waals surface area contributed by atoms with Crippen molar-refractivity contribution in [2.75, 3.05) is 10.6 Å². The van der Waals surface area contributed by atoms with Gasteiger partial charge in [0.15, 0.2) is 17.5 Å². The van der Waals surface area contributed by atoms with Crippen molar-refractivity contribution >= 4 is 23.2 Å². The van der Waals surface area contributed by atoms with Gasteiger partial charge in [0.2, 0.25) is 0 Å². The first-order valence-corrected chi connectivity index (χ1v) is 7.97. The molecule has 0 unspecified atom stereocenters. The lowest BCUT2D eigenvalue weighted by Crippen LogP contribution is -2.15. The van der Waals surface area contributed by atoms with E-state index in [2.05, 4.69) is 10.6 Å². The topological polar surface area (TPSA) is 58.2 Å². The first-order chi connectivity index (χ1) is 13.3. The molecule has 3 aromatic carbocycles. The van der Waals surface area contributed by atoms with Crippen molar-refractivity contribution < 1.29 is 27.2 Å². The van der Waals surface area contributed by atoms with Crippen molar-refractivity contribution in [2.24, 2.45) is 0 Å². The number of anilines is 2. The number of halogens is 4. The minimum Gasteiger partial charge on any atom is -0.322 e. The zero-order valence-electron chi connectivity index (χ0n) is 14.1. The Labute approximate surface area is 156 Å². The third-order valence-corrected chi connectivity index (χ3v) is 3.78. The van der Waals surface area contributed by atoms with Gasteiger partial charge in [-0.3, -0.25) is 9.59 Å². The molecule has 2 amide bonds. The molecule has 3 aromatic rings. The fraction of sp³-hybridized carbons (Fsp3) is 0. The number of carbonyl (C=O) groups is 2. The third kappa shape index (κ3) is 4.17. The van der Waals surface area contributed by atoms with Crippen molar-refractivity contribution in [3.05, 3.63) is 95.1 Å². The molecule has 3 rings (SSSR count). The Balaban J connectivity index is 1.70. The van der Waals surface area contributed by atoms with E-state index in [9.17, 15) is 27.2 Å². The molecule has 4 nitrogen and oxygen atoms in total. The number of hydrogen-bond acceptors (Lipinski definition) is 2. The van der Waals surface area contributed by atoms with Crippen LogP contribution in [-0.4, -0.2) is 11.8 Å². The predicted molar refractivity (Wildman–Crippen MR) is 95.1 cm³/mol. The van der Waals surface area contributed by atoms with Crippen molar-refractivity contribution in [3.8, 4) is 0 Å². The fourth-order valence-corrected chi connectivity index (χ4v) is 2.36. The van der Waals surface area contributed by atoms with Gasteiger partial charge >= 0.3 is 0 Å². The largest absolute Gasteiger partial charge is 0.322 e. The van der Waals surface area contributed by atoms with Crippen LogP contribution in [0.15, 0.2) is 60.7 Å². The van der Waals surface area contributed by atoms with Crippen LogP contribution in [0.5, 0.6) is 0 Å². The maximum absolute atomic E-state index is 13.6. The Morgan fingerprint density at radius 2 is 1.29 bits per heavy atom. The molecule has 0 aromatic heterocycles. The molecule has 0 aliphatic heterocycles. The highest BCUT2D eigenvalue weighted by molar-refractivity contribution is 6.07. The molecule has 0 aliphatic rings. The highest BCUT2D eigenvalue weighted by atomic mass is 19.2. The molecule has 0 spiro atoms. The van der Waals surface area contributed by atoms with Crippen LogP contribution in [0.2, 0.25) is 0 Å². The molecule has 0 saturated heterocycles. The standard InChI is InChI=1S/C20H12F4N2O2/c21-13-2-1-3-14(10-13)25-19(27)11-4-6-12(7-5-11)20(28)26-16-9-8-15(22)17(23)18(16)24/h1-10H,(H,25,27)(H,26,28). The second-order valence-corrected chi connectivity index (χ2v) is 5.72. The molecule has 0 aliphatic carbocycles. The van der Waals surface area contributed by atoms with E-state index < -0.39 is 40.8 Å². The Bertz CT molecular complexity index is 1050. The lowest BCUT2D eigenvalue weighted by atomic mass is 10.1. The molecule has 28 heavy (non-hydrogen) atoms. The number of rotatable bonds is 4. The molecule has 8 heteroatoms. The summed E-state index contributed by atoms with van der Waals surface area (Å²) in [5.41, 5.74) is 0.00344. The van der Waals surface area contributed by atoms with Gasteiger partial charge in [-0.05, 0) is 54.6 Å². The van der Waals surface area contributed by atoms with Gasteiger partial charge in [-0.25, -0.2) is 17.6 Å².